The molecule has 1 rings (SSSR count). The monoisotopic (exact) mass is 280 g/mol. The standard InChI is InChI=1S/C10H17IO/c1-9(2)5-7(11)8(12)10(3,4)6-9/h5,8,12H,6H2,1-4H3. The maximum atomic E-state index is 9.86. The third kappa shape index (κ3) is 2.02. The third-order valence-electron chi connectivity index (χ3n) is 2.44. The van der Waals surface area contributed by atoms with Crippen LogP contribution in [0.3, 0.4) is 0 Å². The molecule has 1 nitrogen and oxygen atoms in total. The lowest BCUT2D eigenvalue weighted by Crippen LogP contribution is -2.38. The van der Waals surface area contributed by atoms with Crippen molar-refractivity contribution < 1.29 is 5.11 Å². The summed E-state index contributed by atoms with van der Waals surface area (Å²) >= 11 is 2.24. The van der Waals surface area contributed by atoms with Crippen LogP contribution in [0.1, 0.15) is 34.1 Å². The smallest absolute Gasteiger partial charge is 0.0894 e. The van der Waals surface area contributed by atoms with Gasteiger partial charge >= 0.3 is 0 Å². The molecule has 0 heterocycles. The molecule has 0 aromatic heterocycles. The van der Waals surface area contributed by atoms with Crippen molar-refractivity contribution in [3.8, 4) is 0 Å². The van der Waals surface area contributed by atoms with Gasteiger partial charge in [0.25, 0.3) is 0 Å². The molecule has 0 aliphatic heterocycles. The van der Waals surface area contributed by atoms with E-state index in [0.717, 1.165) is 10.0 Å². The predicted octanol–water partition coefficient (Wildman–Crippen LogP) is 3.12. The van der Waals surface area contributed by atoms with E-state index in [1.165, 1.54) is 0 Å². The molecular formula is C10H17IO. The maximum absolute atomic E-state index is 9.86. The van der Waals surface area contributed by atoms with Crippen LogP contribution in [0.4, 0.5) is 0 Å². The third-order valence-corrected chi connectivity index (χ3v) is 3.34. The van der Waals surface area contributed by atoms with Gasteiger partial charge in [-0.25, -0.2) is 0 Å². The Morgan fingerprint density at radius 2 is 1.92 bits per heavy atom. The Labute approximate surface area is 88.4 Å². The second-order valence-electron chi connectivity index (χ2n) is 5.09. The van der Waals surface area contributed by atoms with E-state index in [1.807, 2.05) is 0 Å². The van der Waals surface area contributed by atoms with Gasteiger partial charge in [-0.15, -0.1) is 0 Å². The summed E-state index contributed by atoms with van der Waals surface area (Å²) in [6, 6.07) is 0. The Morgan fingerprint density at radius 1 is 1.42 bits per heavy atom. The average Bonchev–Trinajstić information content (AvgIpc) is 1.79. The highest BCUT2D eigenvalue weighted by Crippen LogP contribution is 2.46. The van der Waals surface area contributed by atoms with Crippen molar-refractivity contribution in [1.29, 1.82) is 0 Å². The Balaban J connectivity index is 3.00. The van der Waals surface area contributed by atoms with Gasteiger partial charge in [-0.1, -0.05) is 33.8 Å². The first kappa shape index (κ1) is 10.5. The number of allylic oxidation sites excluding steroid dienone is 1. The Bertz CT molecular complexity index is 216. The predicted molar refractivity (Wildman–Crippen MR) is 60.3 cm³/mol. The molecule has 0 fully saturated rings. The number of halogens is 1. The van der Waals surface area contributed by atoms with Gasteiger partial charge < -0.3 is 5.11 Å². The molecule has 1 unspecified atom stereocenters. The lowest BCUT2D eigenvalue weighted by molar-refractivity contribution is 0.0469. The fourth-order valence-corrected chi connectivity index (χ4v) is 3.83. The highest BCUT2D eigenvalue weighted by molar-refractivity contribution is 14.1. The molecule has 1 N–H and O–H groups in total. The summed E-state index contributed by atoms with van der Waals surface area (Å²) in [5.41, 5.74) is 0.258. The van der Waals surface area contributed by atoms with Gasteiger partial charge in [-0.3, -0.25) is 0 Å². The Hall–Kier alpha value is 0.430. The second kappa shape index (κ2) is 2.98. The van der Waals surface area contributed by atoms with E-state index in [-0.39, 0.29) is 16.9 Å². The van der Waals surface area contributed by atoms with Crippen LogP contribution in [0, 0.1) is 10.8 Å². The molecule has 70 valence electrons. The van der Waals surface area contributed by atoms with Crippen LogP contribution in [0.15, 0.2) is 9.66 Å². The van der Waals surface area contributed by atoms with Crippen molar-refractivity contribution in [3.05, 3.63) is 9.66 Å². The van der Waals surface area contributed by atoms with Crippen molar-refractivity contribution in [2.75, 3.05) is 0 Å². The number of rotatable bonds is 0. The zero-order chi connectivity index (χ0) is 9.57. The molecular weight excluding hydrogens is 263 g/mol. The van der Waals surface area contributed by atoms with Gasteiger partial charge in [0.1, 0.15) is 0 Å². The molecule has 1 atom stereocenters. The van der Waals surface area contributed by atoms with Crippen LogP contribution >= 0.6 is 22.6 Å². The lowest BCUT2D eigenvalue weighted by Gasteiger charge is -2.41. The van der Waals surface area contributed by atoms with Crippen LogP contribution in [-0.4, -0.2) is 11.2 Å². The summed E-state index contributed by atoms with van der Waals surface area (Å²) in [7, 11) is 0. The molecule has 1 aliphatic carbocycles. The normalized spacial score (nSPS) is 32.8. The molecule has 0 saturated carbocycles. The molecule has 2 heteroatoms. The van der Waals surface area contributed by atoms with Crippen LogP contribution in [-0.2, 0) is 0 Å². The molecule has 0 aromatic carbocycles. The molecule has 1 aliphatic rings. The van der Waals surface area contributed by atoms with Crippen molar-refractivity contribution in [1.82, 2.24) is 0 Å². The molecule has 0 amide bonds. The molecule has 0 bridgehead atoms. The van der Waals surface area contributed by atoms with E-state index >= 15 is 0 Å². The lowest BCUT2D eigenvalue weighted by atomic mass is 9.68. The van der Waals surface area contributed by atoms with E-state index in [2.05, 4.69) is 56.4 Å². The van der Waals surface area contributed by atoms with Gasteiger partial charge in [-0.05, 0) is 39.8 Å². The SMILES string of the molecule is CC1(C)C=C(I)C(O)C(C)(C)C1. The number of hydrogen-bond acceptors (Lipinski definition) is 1. The van der Waals surface area contributed by atoms with Crippen molar-refractivity contribution in [2.24, 2.45) is 10.8 Å². The molecule has 0 spiro atoms. The van der Waals surface area contributed by atoms with Crippen LogP contribution < -0.4 is 0 Å². The fourth-order valence-electron chi connectivity index (χ4n) is 2.15. The van der Waals surface area contributed by atoms with E-state index in [0.29, 0.717) is 0 Å². The van der Waals surface area contributed by atoms with Crippen molar-refractivity contribution in [3.63, 3.8) is 0 Å². The van der Waals surface area contributed by atoms with Crippen molar-refractivity contribution in [2.45, 2.75) is 40.2 Å². The first-order chi connectivity index (χ1) is 5.25. The van der Waals surface area contributed by atoms with E-state index in [9.17, 15) is 5.11 Å². The summed E-state index contributed by atoms with van der Waals surface area (Å²) < 4.78 is 1.09. The minimum absolute atomic E-state index is 0.0226. The summed E-state index contributed by atoms with van der Waals surface area (Å²) in [4.78, 5) is 0. The van der Waals surface area contributed by atoms with Crippen molar-refractivity contribution >= 4 is 22.6 Å². The average molecular weight is 280 g/mol. The largest absolute Gasteiger partial charge is 0.387 e. The number of hydrogen-bond donors (Lipinski definition) is 1. The zero-order valence-corrected chi connectivity index (χ0v) is 10.3. The summed E-state index contributed by atoms with van der Waals surface area (Å²) in [6.07, 6.45) is 2.96. The number of aliphatic hydroxyl groups is 1. The second-order valence-corrected chi connectivity index (χ2v) is 6.33. The van der Waals surface area contributed by atoms with E-state index in [4.69, 9.17) is 0 Å². The highest BCUT2D eigenvalue weighted by atomic mass is 127. The maximum Gasteiger partial charge on any atom is 0.0894 e. The van der Waals surface area contributed by atoms with E-state index < -0.39 is 0 Å². The molecule has 0 radical (unpaired) electrons. The first-order valence-electron chi connectivity index (χ1n) is 4.31. The van der Waals surface area contributed by atoms with Gasteiger partial charge in [-0.2, -0.15) is 0 Å². The van der Waals surface area contributed by atoms with Crippen LogP contribution in [0.5, 0.6) is 0 Å². The van der Waals surface area contributed by atoms with Gasteiger partial charge in [0.15, 0.2) is 0 Å². The van der Waals surface area contributed by atoms with Gasteiger partial charge in [0.2, 0.25) is 0 Å². The minimum Gasteiger partial charge on any atom is -0.387 e. The van der Waals surface area contributed by atoms with Gasteiger partial charge in [0.05, 0.1) is 6.10 Å². The Kier molecular flexibility index (Phi) is 2.61. The van der Waals surface area contributed by atoms with E-state index in [1.54, 1.807) is 0 Å². The summed E-state index contributed by atoms with van der Waals surface area (Å²) in [6.45, 7) is 8.70. The zero-order valence-electron chi connectivity index (χ0n) is 8.19. The van der Waals surface area contributed by atoms with Crippen LogP contribution in [0.2, 0.25) is 0 Å². The topological polar surface area (TPSA) is 20.2 Å². The highest BCUT2D eigenvalue weighted by Gasteiger charge is 2.39. The summed E-state index contributed by atoms with van der Waals surface area (Å²) in [5, 5.41) is 9.86. The molecule has 0 saturated heterocycles. The van der Waals surface area contributed by atoms with Gasteiger partial charge in [0, 0.05) is 3.58 Å². The summed E-state index contributed by atoms with van der Waals surface area (Å²) in [5.74, 6) is 0. The van der Waals surface area contributed by atoms with Crippen LogP contribution in [0.25, 0.3) is 0 Å². The first-order valence-corrected chi connectivity index (χ1v) is 5.39. The Morgan fingerprint density at radius 3 is 2.33 bits per heavy atom. The molecule has 0 aromatic rings. The molecule has 12 heavy (non-hydrogen) atoms. The number of aliphatic hydroxyl groups excluding tert-OH is 1. The quantitative estimate of drug-likeness (QED) is 0.676. The minimum atomic E-state index is -0.272. The fraction of sp³-hybridized carbons (Fsp3) is 0.800.